The van der Waals surface area contributed by atoms with E-state index in [0.717, 1.165) is 11.8 Å². The molecule has 0 aromatic heterocycles. The maximum atomic E-state index is 11.1. The van der Waals surface area contributed by atoms with Crippen molar-refractivity contribution < 1.29 is 32.0 Å². The van der Waals surface area contributed by atoms with Gasteiger partial charge in [-0.1, -0.05) is 24.3 Å². The summed E-state index contributed by atoms with van der Waals surface area (Å²) < 4.78 is 37.7. The van der Waals surface area contributed by atoms with Crippen LogP contribution < -0.4 is 8.92 Å². The second kappa shape index (κ2) is 9.80. The third-order valence-electron chi connectivity index (χ3n) is 3.52. The van der Waals surface area contributed by atoms with Gasteiger partial charge in [0, 0.05) is 6.42 Å². The summed E-state index contributed by atoms with van der Waals surface area (Å²) in [6.45, 7) is 2.43. The number of rotatable bonds is 10. The van der Waals surface area contributed by atoms with Gasteiger partial charge in [0.1, 0.15) is 11.5 Å². The first-order chi connectivity index (χ1) is 13.3. The van der Waals surface area contributed by atoms with Crippen molar-refractivity contribution in [2.45, 2.75) is 13.3 Å². The number of hydrogen-bond donors (Lipinski definition) is 1. The molecule has 0 amide bonds. The number of aliphatic carboxylic acids is 1. The van der Waals surface area contributed by atoms with Crippen LogP contribution in [0.2, 0.25) is 0 Å². The van der Waals surface area contributed by atoms with Gasteiger partial charge < -0.3 is 18.8 Å². The van der Waals surface area contributed by atoms with Gasteiger partial charge in [-0.2, -0.15) is 8.42 Å². The molecule has 0 aliphatic carbocycles. The second-order valence-corrected chi connectivity index (χ2v) is 7.42. The molecule has 28 heavy (non-hydrogen) atoms. The summed E-state index contributed by atoms with van der Waals surface area (Å²) in [6, 6.07) is 13.7. The van der Waals surface area contributed by atoms with Crippen molar-refractivity contribution in [2.24, 2.45) is 0 Å². The van der Waals surface area contributed by atoms with Gasteiger partial charge in [-0.15, -0.1) is 0 Å². The third-order valence-corrected chi connectivity index (χ3v) is 4.01. The minimum absolute atomic E-state index is 0.112. The van der Waals surface area contributed by atoms with Gasteiger partial charge in [0.25, 0.3) is 0 Å². The number of carbonyl (C=O) groups is 1. The highest BCUT2D eigenvalue weighted by Crippen LogP contribution is 2.17. The van der Waals surface area contributed by atoms with Gasteiger partial charge in [0.05, 0.1) is 19.5 Å². The Morgan fingerprint density at radius 3 is 2.18 bits per heavy atom. The first-order valence-corrected chi connectivity index (χ1v) is 10.4. The molecule has 1 N–H and O–H groups in total. The molecule has 0 atom stereocenters. The van der Waals surface area contributed by atoms with Crippen LogP contribution in [-0.2, 0) is 26.1 Å². The summed E-state index contributed by atoms with van der Waals surface area (Å²) in [5, 5.41) is 9.06. The fourth-order valence-corrected chi connectivity index (χ4v) is 2.77. The highest BCUT2D eigenvalue weighted by molar-refractivity contribution is 7.86. The zero-order valence-electron chi connectivity index (χ0n) is 15.6. The molecule has 8 heteroatoms. The lowest BCUT2D eigenvalue weighted by Gasteiger charge is -2.08. The summed E-state index contributed by atoms with van der Waals surface area (Å²) in [7, 11) is -3.53. The second-order valence-electron chi connectivity index (χ2n) is 5.85. The van der Waals surface area contributed by atoms with Crippen molar-refractivity contribution in [2.75, 3.05) is 19.5 Å². The molecule has 0 heterocycles. The van der Waals surface area contributed by atoms with Crippen molar-refractivity contribution in [1.82, 2.24) is 0 Å². The van der Waals surface area contributed by atoms with E-state index in [9.17, 15) is 13.2 Å². The quantitative estimate of drug-likeness (QED) is 0.368. The Balaban J connectivity index is 1.88. The van der Waals surface area contributed by atoms with Crippen LogP contribution in [-0.4, -0.2) is 39.0 Å². The normalized spacial score (nSPS) is 11.7. The van der Waals surface area contributed by atoms with E-state index in [1.54, 1.807) is 55.5 Å². The number of hydrogen-bond acceptors (Lipinski definition) is 6. The van der Waals surface area contributed by atoms with Crippen LogP contribution in [0.1, 0.15) is 18.1 Å². The van der Waals surface area contributed by atoms with Crippen LogP contribution >= 0.6 is 0 Å². The number of carboxylic acids is 1. The van der Waals surface area contributed by atoms with Crippen molar-refractivity contribution in [3.8, 4) is 11.5 Å². The lowest BCUT2D eigenvalue weighted by atomic mass is 10.1. The molecular weight excluding hydrogens is 384 g/mol. The smallest absolute Gasteiger partial charge is 0.371 e. The Hall–Kier alpha value is -3.00. The van der Waals surface area contributed by atoms with Gasteiger partial charge in [-0.3, -0.25) is 0 Å². The van der Waals surface area contributed by atoms with Crippen molar-refractivity contribution in [1.29, 1.82) is 0 Å². The Bertz CT molecular complexity index is 914. The molecule has 2 aromatic rings. The summed E-state index contributed by atoms with van der Waals surface area (Å²) in [5.41, 5.74) is 1.67. The van der Waals surface area contributed by atoms with E-state index in [1.165, 1.54) is 6.08 Å². The average Bonchev–Trinajstić information content (AvgIpc) is 2.63. The van der Waals surface area contributed by atoms with E-state index in [4.69, 9.17) is 18.8 Å². The first kappa shape index (κ1) is 21.3. The molecule has 0 saturated carbocycles. The number of ether oxygens (including phenoxy) is 2. The van der Waals surface area contributed by atoms with Gasteiger partial charge in [-0.25, -0.2) is 4.79 Å². The van der Waals surface area contributed by atoms with Gasteiger partial charge in [-0.05, 0) is 48.4 Å². The fraction of sp³-hybridized carbons (Fsp3) is 0.250. The van der Waals surface area contributed by atoms with Crippen LogP contribution in [0.4, 0.5) is 0 Å². The standard InChI is InChI=1S/C20H22O7S/c1-3-25-19(20(21)22)14-16-6-8-17(9-7-16)26-13-12-15-4-10-18(11-5-15)27-28(2,23)24/h4-11,14H,3,12-13H2,1-2H3,(H,21,22). The Morgan fingerprint density at radius 2 is 1.64 bits per heavy atom. The molecule has 0 aliphatic heterocycles. The zero-order chi connectivity index (χ0) is 20.6. The third kappa shape index (κ3) is 7.32. The maximum Gasteiger partial charge on any atom is 0.371 e. The number of carboxylic acid groups (broad SMARTS) is 1. The largest absolute Gasteiger partial charge is 0.493 e. The SMILES string of the molecule is CCOC(=Cc1ccc(OCCc2ccc(OS(C)(=O)=O)cc2)cc1)C(=O)O. The lowest BCUT2D eigenvalue weighted by Crippen LogP contribution is -2.06. The molecule has 0 unspecified atom stereocenters. The molecule has 2 aromatic carbocycles. The summed E-state index contributed by atoms with van der Waals surface area (Å²) in [5.74, 6) is -0.305. The van der Waals surface area contributed by atoms with E-state index in [0.29, 0.717) is 24.3 Å². The van der Waals surface area contributed by atoms with Crippen LogP contribution in [0.15, 0.2) is 54.3 Å². The number of benzene rings is 2. The van der Waals surface area contributed by atoms with Gasteiger partial charge in [0.2, 0.25) is 5.76 Å². The Morgan fingerprint density at radius 1 is 1.04 bits per heavy atom. The van der Waals surface area contributed by atoms with Crippen LogP contribution in [0.3, 0.4) is 0 Å². The van der Waals surface area contributed by atoms with Gasteiger partial charge >= 0.3 is 16.1 Å². The minimum atomic E-state index is -3.53. The predicted octanol–water partition coefficient (Wildman–Crippen LogP) is 3.11. The first-order valence-electron chi connectivity index (χ1n) is 8.56. The Labute approximate surface area is 164 Å². The van der Waals surface area contributed by atoms with E-state index >= 15 is 0 Å². The highest BCUT2D eigenvalue weighted by Gasteiger charge is 2.08. The average molecular weight is 406 g/mol. The summed E-state index contributed by atoms with van der Waals surface area (Å²) in [4.78, 5) is 11.1. The molecule has 0 bridgehead atoms. The fourth-order valence-electron chi connectivity index (χ4n) is 2.31. The Kier molecular flexibility index (Phi) is 7.45. The van der Waals surface area contributed by atoms with Crippen LogP contribution in [0.5, 0.6) is 11.5 Å². The summed E-state index contributed by atoms with van der Waals surface area (Å²) >= 11 is 0. The van der Waals surface area contributed by atoms with E-state index < -0.39 is 16.1 Å². The van der Waals surface area contributed by atoms with Crippen molar-refractivity contribution >= 4 is 22.2 Å². The molecule has 2 rings (SSSR count). The highest BCUT2D eigenvalue weighted by atomic mass is 32.2. The molecule has 0 spiro atoms. The molecule has 0 fully saturated rings. The molecular formula is C20H22O7S. The van der Waals surface area contributed by atoms with Gasteiger partial charge in [0.15, 0.2) is 0 Å². The molecule has 0 aliphatic rings. The zero-order valence-corrected chi connectivity index (χ0v) is 16.4. The molecule has 150 valence electrons. The van der Waals surface area contributed by atoms with E-state index in [1.807, 2.05) is 0 Å². The van der Waals surface area contributed by atoms with E-state index in [-0.39, 0.29) is 18.1 Å². The van der Waals surface area contributed by atoms with Crippen molar-refractivity contribution in [3.05, 3.63) is 65.4 Å². The van der Waals surface area contributed by atoms with Crippen LogP contribution in [0.25, 0.3) is 6.08 Å². The topological polar surface area (TPSA) is 99.1 Å². The molecule has 0 radical (unpaired) electrons. The van der Waals surface area contributed by atoms with Crippen LogP contribution in [0, 0.1) is 0 Å². The predicted molar refractivity (Wildman–Crippen MR) is 105 cm³/mol. The lowest BCUT2D eigenvalue weighted by molar-refractivity contribution is -0.136. The van der Waals surface area contributed by atoms with Crippen molar-refractivity contribution in [3.63, 3.8) is 0 Å². The summed E-state index contributed by atoms with van der Waals surface area (Å²) in [6.07, 6.45) is 3.08. The monoisotopic (exact) mass is 406 g/mol. The molecule has 0 saturated heterocycles. The minimum Gasteiger partial charge on any atom is -0.493 e. The maximum absolute atomic E-state index is 11.1. The van der Waals surface area contributed by atoms with E-state index in [2.05, 4.69) is 0 Å². The molecule has 7 nitrogen and oxygen atoms in total.